The van der Waals surface area contributed by atoms with E-state index in [9.17, 15) is 9.18 Å². The van der Waals surface area contributed by atoms with Crippen LogP contribution in [-0.4, -0.2) is 45.0 Å². The van der Waals surface area contributed by atoms with E-state index in [0.717, 1.165) is 18.4 Å². The van der Waals surface area contributed by atoms with Crippen molar-refractivity contribution in [1.82, 2.24) is 19.9 Å². The van der Waals surface area contributed by atoms with Crippen molar-refractivity contribution in [2.75, 3.05) is 13.2 Å². The Balaban J connectivity index is 1.52. The van der Waals surface area contributed by atoms with Crippen molar-refractivity contribution >= 4 is 5.91 Å². The average molecular weight is 408 g/mol. The van der Waals surface area contributed by atoms with Crippen LogP contribution in [0.3, 0.4) is 0 Å². The van der Waals surface area contributed by atoms with Crippen LogP contribution in [0.2, 0.25) is 0 Å². The molecule has 0 radical (unpaired) electrons. The zero-order chi connectivity index (χ0) is 21.1. The van der Waals surface area contributed by atoms with Crippen LogP contribution in [0.5, 0.6) is 5.75 Å². The van der Waals surface area contributed by atoms with Gasteiger partial charge in [0.05, 0.1) is 30.3 Å². The second-order valence-corrected chi connectivity index (χ2v) is 7.83. The van der Waals surface area contributed by atoms with Crippen LogP contribution in [0, 0.1) is 18.7 Å². The Labute approximate surface area is 175 Å². The van der Waals surface area contributed by atoms with Gasteiger partial charge in [-0.05, 0) is 51.0 Å². The van der Waals surface area contributed by atoms with E-state index in [0.29, 0.717) is 24.4 Å². The number of benzene rings is 2. The molecule has 3 aromatic rings. The first-order valence-corrected chi connectivity index (χ1v) is 10.2. The Morgan fingerprint density at radius 2 is 1.93 bits per heavy atom. The van der Waals surface area contributed by atoms with Crippen molar-refractivity contribution in [3.8, 4) is 11.4 Å². The zero-order valence-electron chi connectivity index (χ0n) is 17.2. The number of piperidine rings is 1. The number of aryl methyl sites for hydroxylation is 1. The maximum absolute atomic E-state index is 13.8. The third-order valence-electron chi connectivity index (χ3n) is 5.57. The normalized spacial score (nSPS) is 19.0. The molecule has 0 unspecified atom stereocenters. The van der Waals surface area contributed by atoms with Crippen LogP contribution >= 0.6 is 0 Å². The van der Waals surface area contributed by atoms with Gasteiger partial charge in [-0.15, -0.1) is 0 Å². The fourth-order valence-electron chi connectivity index (χ4n) is 3.86. The standard InChI is InChI=1S/C23H25FN4O2/c1-16-7-10-21(28-25-11-12-26-28)19(13-16)23(29)27-14-18(9-8-17(27)2)15-30-22-6-4-3-5-20(22)24/h3-7,10-13,17-18H,8-9,14-15H2,1-2H3/t17-,18+/m0/s1. The second kappa shape index (κ2) is 8.65. The molecule has 1 fully saturated rings. The largest absolute Gasteiger partial charge is 0.490 e. The Kier molecular flexibility index (Phi) is 5.79. The first kappa shape index (κ1) is 20.1. The highest BCUT2D eigenvalue weighted by Crippen LogP contribution is 2.27. The Morgan fingerprint density at radius 1 is 1.17 bits per heavy atom. The van der Waals surface area contributed by atoms with Crippen LogP contribution in [-0.2, 0) is 0 Å². The predicted octanol–water partition coefficient (Wildman–Crippen LogP) is 4.03. The summed E-state index contributed by atoms with van der Waals surface area (Å²) in [6, 6.07) is 12.2. The molecule has 0 spiro atoms. The number of likely N-dealkylation sites (tertiary alicyclic amines) is 1. The molecule has 1 aliphatic heterocycles. The van der Waals surface area contributed by atoms with Crippen LogP contribution in [0.15, 0.2) is 54.9 Å². The summed E-state index contributed by atoms with van der Waals surface area (Å²) in [7, 11) is 0. The van der Waals surface area contributed by atoms with E-state index in [4.69, 9.17) is 4.74 Å². The fraction of sp³-hybridized carbons (Fsp3) is 0.348. The molecule has 1 saturated heterocycles. The molecular weight excluding hydrogens is 383 g/mol. The number of ether oxygens (including phenoxy) is 1. The fourth-order valence-corrected chi connectivity index (χ4v) is 3.86. The van der Waals surface area contributed by atoms with Crippen molar-refractivity contribution in [1.29, 1.82) is 0 Å². The van der Waals surface area contributed by atoms with Gasteiger partial charge in [-0.25, -0.2) is 4.39 Å². The zero-order valence-corrected chi connectivity index (χ0v) is 17.2. The summed E-state index contributed by atoms with van der Waals surface area (Å²) in [4.78, 5) is 16.9. The lowest BCUT2D eigenvalue weighted by Crippen LogP contribution is -2.47. The quantitative estimate of drug-likeness (QED) is 0.639. The van der Waals surface area contributed by atoms with Gasteiger partial charge in [0.2, 0.25) is 0 Å². The minimum atomic E-state index is -0.370. The number of hydrogen-bond donors (Lipinski definition) is 0. The van der Waals surface area contributed by atoms with Crippen molar-refractivity contribution < 1.29 is 13.9 Å². The molecule has 0 bridgehead atoms. The lowest BCUT2D eigenvalue weighted by Gasteiger charge is -2.38. The number of halogens is 1. The minimum Gasteiger partial charge on any atom is -0.490 e. The summed E-state index contributed by atoms with van der Waals surface area (Å²) in [5, 5.41) is 8.38. The molecule has 156 valence electrons. The molecule has 1 amide bonds. The predicted molar refractivity (Wildman–Crippen MR) is 111 cm³/mol. The van der Waals surface area contributed by atoms with E-state index >= 15 is 0 Å². The van der Waals surface area contributed by atoms with Crippen molar-refractivity contribution in [2.24, 2.45) is 5.92 Å². The molecule has 2 heterocycles. The van der Waals surface area contributed by atoms with Gasteiger partial charge >= 0.3 is 0 Å². The number of carbonyl (C=O) groups is 1. The van der Waals surface area contributed by atoms with Gasteiger partial charge in [0.1, 0.15) is 0 Å². The van der Waals surface area contributed by atoms with E-state index in [1.807, 2.05) is 30.0 Å². The van der Waals surface area contributed by atoms with Gasteiger partial charge < -0.3 is 9.64 Å². The van der Waals surface area contributed by atoms with Gasteiger partial charge in [-0.3, -0.25) is 4.79 Å². The van der Waals surface area contributed by atoms with Crippen LogP contribution < -0.4 is 4.74 Å². The number of amides is 1. The maximum Gasteiger partial charge on any atom is 0.256 e. The first-order chi connectivity index (χ1) is 14.5. The summed E-state index contributed by atoms with van der Waals surface area (Å²) in [5.41, 5.74) is 2.24. The van der Waals surface area contributed by atoms with E-state index < -0.39 is 0 Å². The molecule has 6 nitrogen and oxygen atoms in total. The van der Waals surface area contributed by atoms with Crippen LogP contribution in [0.4, 0.5) is 4.39 Å². The minimum absolute atomic E-state index is 0.0471. The van der Waals surface area contributed by atoms with E-state index in [1.165, 1.54) is 10.9 Å². The average Bonchev–Trinajstić information content (AvgIpc) is 3.28. The summed E-state index contributed by atoms with van der Waals surface area (Å²) in [6.07, 6.45) is 4.99. The molecule has 0 aliphatic carbocycles. The Bertz CT molecular complexity index is 1020. The highest BCUT2D eigenvalue weighted by Gasteiger charge is 2.31. The highest BCUT2D eigenvalue weighted by atomic mass is 19.1. The van der Waals surface area contributed by atoms with Crippen LogP contribution in [0.1, 0.15) is 35.7 Å². The third-order valence-corrected chi connectivity index (χ3v) is 5.57. The molecule has 4 rings (SSSR count). The topological polar surface area (TPSA) is 60.2 Å². The lowest BCUT2D eigenvalue weighted by molar-refractivity contribution is 0.0502. The lowest BCUT2D eigenvalue weighted by atomic mass is 9.93. The summed E-state index contributed by atoms with van der Waals surface area (Å²) in [6.45, 7) is 4.96. The molecule has 7 heteroatoms. The van der Waals surface area contributed by atoms with E-state index in [1.54, 1.807) is 30.6 Å². The Hall–Kier alpha value is -3.22. The van der Waals surface area contributed by atoms with Gasteiger partial charge in [0.15, 0.2) is 11.6 Å². The van der Waals surface area contributed by atoms with Crippen LogP contribution in [0.25, 0.3) is 5.69 Å². The molecule has 1 aromatic heterocycles. The SMILES string of the molecule is Cc1ccc(-n2nccn2)c(C(=O)N2C[C@H](COc3ccccc3F)CC[C@@H]2C)c1. The molecular formula is C23H25FN4O2. The first-order valence-electron chi connectivity index (χ1n) is 10.2. The third kappa shape index (κ3) is 4.20. The maximum atomic E-state index is 13.8. The smallest absolute Gasteiger partial charge is 0.256 e. The monoisotopic (exact) mass is 408 g/mol. The number of para-hydroxylation sites is 1. The van der Waals surface area contributed by atoms with Gasteiger partial charge in [-0.1, -0.05) is 23.8 Å². The van der Waals surface area contributed by atoms with Gasteiger partial charge in [-0.2, -0.15) is 15.0 Å². The molecule has 0 N–H and O–H groups in total. The molecule has 30 heavy (non-hydrogen) atoms. The molecule has 1 aliphatic rings. The molecule has 0 saturated carbocycles. The molecule has 2 atom stereocenters. The number of aromatic nitrogens is 3. The van der Waals surface area contributed by atoms with Crippen molar-refractivity contribution in [3.05, 3.63) is 71.8 Å². The summed E-state index contributed by atoms with van der Waals surface area (Å²) >= 11 is 0. The number of carbonyl (C=O) groups excluding carboxylic acids is 1. The van der Waals surface area contributed by atoms with E-state index in [-0.39, 0.29) is 29.4 Å². The number of rotatable bonds is 5. The number of nitrogens with zero attached hydrogens (tertiary/aromatic N) is 4. The second-order valence-electron chi connectivity index (χ2n) is 7.83. The summed E-state index contributed by atoms with van der Waals surface area (Å²) < 4.78 is 19.6. The Morgan fingerprint density at radius 3 is 2.70 bits per heavy atom. The highest BCUT2D eigenvalue weighted by molar-refractivity contribution is 5.98. The number of hydrogen-bond acceptors (Lipinski definition) is 4. The van der Waals surface area contributed by atoms with E-state index in [2.05, 4.69) is 17.1 Å². The summed E-state index contributed by atoms with van der Waals surface area (Å²) in [5.74, 6) is -0.0274. The van der Waals surface area contributed by atoms with Gasteiger partial charge in [0.25, 0.3) is 5.91 Å². The molecule has 2 aromatic carbocycles. The van der Waals surface area contributed by atoms with Crippen molar-refractivity contribution in [3.63, 3.8) is 0 Å². The van der Waals surface area contributed by atoms with Crippen molar-refractivity contribution in [2.45, 2.75) is 32.7 Å². The van der Waals surface area contributed by atoms with Gasteiger partial charge in [0, 0.05) is 18.5 Å².